The molecule has 0 saturated heterocycles. The van der Waals surface area contributed by atoms with Crippen molar-refractivity contribution in [3.8, 4) is 11.3 Å². The summed E-state index contributed by atoms with van der Waals surface area (Å²) in [6.07, 6.45) is 5.38. The molecular weight excluding hydrogens is 441 g/mol. The van der Waals surface area contributed by atoms with E-state index in [1.165, 1.54) is 0 Å². The minimum absolute atomic E-state index is 0. The Hall–Kier alpha value is -1.61. The average Bonchev–Trinajstić information content (AvgIpc) is 3.12. The van der Waals surface area contributed by atoms with E-state index in [4.69, 9.17) is 0 Å². The van der Waals surface area contributed by atoms with E-state index in [-0.39, 0.29) is 30.1 Å². The number of imidazole rings is 1. The van der Waals surface area contributed by atoms with Gasteiger partial charge in [0.2, 0.25) is 0 Å². The number of benzene rings is 1. The summed E-state index contributed by atoms with van der Waals surface area (Å²) in [6.45, 7) is 3.37. The number of aliphatic hydroxyl groups excluding tert-OH is 1. The zero-order chi connectivity index (χ0) is 17.5. The Morgan fingerprint density at radius 1 is 1.23 bits per heavy atom. The minimum Gasteiger partial charge on any atom is -0.393 e. The number of rotatable bonds is 5. The molecule has 1 aliphatic rings. The number of hydrogen-bond acceptors (Lipinski definition) is 3. The molecule has 0 bridgehead atoms. The molecule has 0 spiro atoms. The third-order valence-electron chi connectivity index (χ3n) is 4.48. The standard InChI is InChI=1S/C19H27N5O.HI/c1-2-20-19(23-15-8-10-16(25)11-9-15)22-13-18-21-12-17(24-18)14-6-4-3-5-7-14;/h3-7,12,15-16,25H,2,8-11,13H2,1H3,(H,21,24)(H2,20,22,23);1H. The third kappa shape index (κ3) is 5.98. The van der Waals surface area contributed by atoms with Crippen molar-refractivity contribution in [3.05, 3.63) is 42.4 Å². The van der Waals surface area contributed by atoms with Crippen LogP contribution in [0.2, 0.25) is 0 Å². The summed E-state index contributed by atoms with van der Waals surface area (Å²) in [5, 5.41) is 16.4. The summed E-state index contributed by atoms with van der Waals surface area (Å²) >= 11 is 0. The van der Waals surface area contributed by atoms with Gasteiger partial charge in [0, 0.05) is 12.6 Å². The van der Waals surface area contributed by atoms with E-state index in [9.17, 15) is 5.11 Å². The summed E-state index contributed by atoms with van der Waals surface area (Å²) in [7, 11) is 0. The van der Waals surface area contributed by atoms with Crippen molar-refractivity contribution in [2.75, 3.05) is 6.54 Å². The quantitative estimate of drug-likeness (QED) is 0.308. The summed E-state index contributed by atoms with van der Waals surface area (Å²) in [5.41, 5.74) is 2.13. The Labute approximate surface area is 171 Å². The lowest BCUT2D eigenvalue weighted by Gasteiger charge is -2.27. The molecule has 2 aromatic rings. The maximum atomic E-state index is 9.63. The Morgan fingerprint density at radius 3 is 2.65 bits per heavy atom. The highest BCUT2D eigenvalue weighted by Crippen LogP contribution is 2.18. The molecule has 0 amide bonds. The van der Waals surface area contributed by atoms with Crippen LogP contribution in [0.4, 0.5) is 0 Å². The van der Waals surface area contributed by atoms with Crippen LogP contribution in [0.15, 0.2) is 41.5 Å². The van der Waals surface area contributed by atoms with E-state index in [1.54, 1.807) is 0 Å². The van der Waals surface area contributed by atoms with Gasteiger partial charge in [0.25, 0.3) is 0 Å². The van der Waals surface area contributed by atoms with Crippen LogP contribution in [0.5, 0.6) is 0 Å². The van der Waals surface area contributed by atoms with Crippen molar-refractivity contribution in [1.82, 2.24) is 20.6 Å². The van der Waals surface area contributed by atoms with Crippen LogP contribution in [0, 0.1) is 0 Å². The minimum atomic E-state index is -0.142. The van der Waals surface area contributed by atoms with Crippen LogP contribution in [-0.4, -0.2) is 39.7 Å². The van der Waals surface area contributed by atoms with Gasteiger partial charge in [0.15, 0.2) is 5.96 Å². The Bertz CT molecular complexity index is 680. The summed E-state index contributed by atoms with van der Waals surface area (Å²) in [6, 6.07) is 10.5. The van der Waals surface area contributed by atoms with Gasteiger partial charge in [-0.15, -0.1) is 24.0 Å². The highest BCUT2D eigenvalue weighted by molar-refractivity contribution is 14.0. The van der Waals surface area contributed by atoms with E-state index in [0.29, 0.717) is 12.6 Å². The first-order chi connectivity index (χ1) is 12.2. The molecule has 1 aromatic carbocycles. The number of aliphatic imine (C=N–C) groups is 1. The molecule has 1 fully saturated rings. The van der Waals surface area contributed by atoms with Gasteiger partial charge in [0.1, 0.15) is 12.4 Å². The number of nitrogens with zero attached hydrogens (tertiary/aromatic N) is 2. The van der Waals surface area contributed by atoms with Crippen LogP contribution >= 0.6 is 24.0 Å². The highest BCUT2D eigenvalue weighted by atomic mass is 127. The van der Waals surface area contributed by atoms with Crippen LogP contribution in [0.3, 0.4) is 0 Å². The number of hydrogen-bond donors (Lipinski definition) is 4. The van der Waals surface area contributed by atoms with Gasteiger partial charge in [-0.3, -0.25) is 0 Å². The summed E-state index contributed by atoms with van der Waals surface area (Å²) in [4.78, 5) is 12.4. The summed E-state index contributed by atoms with van der Waals surface area (Å²) < 4.78 is 0. The normalized spacial score (nSPS) is 20.3. The van der Waals surface area contributed by atoms with E-state index in [2.05, 4.69) is 44.7 Å². The molecule has 26 heavy (non-hydrogen) atoms. The molecule has 1 aliphatic carbocycles. The molecule has 0 aliphatic heterocycles. The predicted octanol–water partition coefficient (Wildman–Crippen LogP) is 3.05. The maximum absolute atomic E-state index is 9.63. The first-order valence-electron chi connectivity index (χ1n) is 9.07. The van der Waals surface area contributed by atoms with Crippen molar-refractivity contribution >= 4 is 29.9 Å². The molecule has 1 saturated carbocycles. The largest absolute Gasteiger partial charge is 0.393 e. The second-order valence-corrected chi connectivity index (χ2v) is 6.45. The van der Waals surface area contributed by atoms with Gasteiger partial charge in [-0.05, 0) is 38.2 Å². The van der Waals surface area contributed by atoms with Gasteiger partial charge in [-0.1, -0.05) is 30.3 Å². The van der Waals surface area contributed by atoms with E-state index in [0.717, 1.165) is 55.3 Å². The lowest BCUT2D eigenvalue weighted by atomic mass is 9.93. The molecule has 7 heteroatoms. The number of halogens is 1. The van der Waals surface area contributed by atoms with Crippen molar-refractivity contribution in [1.29, 1.82) is 0 Å². The maximum Gasteiger partial charge on any atom is 0.191 e. The monoisotopic (exact) mass is 469 g/mol. The summed E-state index contributed by atoms with van der Waals surface area (Å²) in [5.74, 6) is 1.65. The Morgan fingerprint density at radius 2 is 1.96 bits per heavy atom. The van der Waals surface area contributed by atoms with Crippen LogP contribution in [0.25, 0.3) is 11.3 Å². The number of aromatic amines is 1. The smallest absolute Gasteiger partial charge is 0.191 e. The fourth-order valence-electron chi connectivity index (χ4n) is 3.09. The topological polar surface area (TPSA) is 85.3 Å². The molecule has 1 heterocycles. The molecule has 1 aromatic heterocycles. The fourth-order valence-corrected chi connectivity index (χ4v) is 3.09. The Balaban J connectivity index is 0.00000243. The predicted molar refractivity (Wildman–Crippen MR) is 116 cm³/mol. The van der Waals surface area contributed by atoms with E-state index in [1.807, 2.05) is 24.4 Å². The SMILES string of the molecule is CCNC(=NCc1ncc(-c2ccccc2)[nH]1)NC1CCC(O)CC1.I. The molecule has 0 unspecified atom stereocenters. The van der Waals surface area contributed by atoms with E-state index < -0.39 is 0 Å². The zero-order valence-corrected chi connectivity index (χ0v) is 17.4. The van der Waals surface area contributed by atoms with Gasteiger partial charge in [-0.2, -0.15) is 0 Å². The highest BCUT2D eigenvalue weighted by Gasteiger charge is 2.19. The fraction of sp³-hybridized carbons (Fsp3) is 0.474. The average molecular weight is 469 g/mol. The molecular formula is C19H28IN5O. The van der Waals surface area contributed by atoms with Gasteiger partial charge in [0.05, 0.1) is 18.0 Å². The number of aromatic nitrogens is 2. The van der Waals surface area contributed by atoms with Crippen LogP contribution in [-0.2, 0) is 6.54 Å². The number of aliphatic hydroxyl groups is 1. The first-order valence-corrected chi connectivity index (χ1v) is 9.07. The van der Waals surface area contributed by atoms with E-state index >= 15 is 0 Å². The Kier molecular flexibility index (Phi) is 8.37. The zero-order valence-electron chi connectivity index (χ0n) is 15.1. The number of H-pyrrole nitrogens is 1. The number of nitrogens with one attached hydrogen (secondary N) is 3. The van der Waals surface area contributed by atoms with Crippen molar-refractivity contribution in [2.24, 2.45) is 4.99 Å². The van der Waals surface area contributed by atoms with Crippen molar-refractivity contribution in [3.63, 3.8) is 0 Å². The van der Waals surface area contributed by atoms with Crippen molar-refractivity contribution < 1.29 is 5.11 Å². The second kappa shape index (κ2) is 10.5. The molecule has 6 nitrogen and oxygen atoms in total. The molecule has 3 rings (SSSR count). The number of guanidine groups is 1. The second-order valence-electron chi connectivity index (χ2n) is 6.45. The van der Waals surface area contributed by atoms with Crippen LogP contribution < -0.4 is 10.6 Å². The lowest BCUT2D eigenvalue weighted by molar-refractivity contribution is 0.120. The molecule has 0 radical (unpaired) electrons. The molecule has 4 N–H and O–H groups in total. The van der Waals surface area contributed by atoms with Crippen molar-refractivity contribution in [2.45, 2.75) is 51.3 Å². The first kappa shape index (κ1) is 20.7. The van der Waals surface area contributed by atoms with Gasteiger partial charge < -0.3 is 20.7 Å². The molecule has 142 valence electrons. The third-order valence-corrected chi connectivity index (χ3v) is 4.48. The lowest BCUT2D eigenvalue weighted by Crippen LogP contribution is -2.45. The molecule has 0 atom stereocenters. The van der Waals surface area contributed by atoms with Gasteiger partial charge >= 0.3 is 0 Å². The van der Waals surface area contributed by atoms with Gasteiger partial charge in [-0.25, -0.2) is 9.98 Å². The van der Waals surface area contributed by atoms with Crippen LogP contribution in [0.1, 0.15) is 38.4 Å².